The molecule has 0 heterocycles. The van der Waals surface area contributed by atoms with Gasteiger partial charge in [0.2, 0.25) is 0 Å². The molecule has 4 heteroatoms. The highest BCUT2D eigenvalue weighted by molar-refractivity contribution is 6.31. The maximum atomic E-state index is 6.25. The lowest BCUT2D eigenvalue weighted by atomic mass is 9.99. The van der Waals surface area contributed by atoms with Crippen molar-refractivity contribution in [3.63, 3.8) is 0 Å². The molecule has 0 radical (unpaired) electrons. The highest BCUT2D eigenvalue weighted by Crippen LogP contribution is 2.29. The summed E-state index contributed by atoms with van der Waals surface area (Å²) >= 11 is 12.2. The van der Waals surface area contributed by atoms with E-state index in [2.05, 4.69) is 18.8 Å². The van der Waals surface area contributed by atoms with Crippen molar-refractivity contribution in [3.8, 4) is 0 Å². The maximum Gasteiger partial charge on any atom is 0.0909 e. The first-order chi connectivity index (χ1) is 10.5. The van der Waals surface area contributed by atoms with Crippen molar-refractivity contribution >= 4 is 35.2 Å². The third kappa shape index (κ3) is 4.49. The van der Waals surface area contributed by atoms with Crippen molar-refractivity contribution in [2.24, 2.45) is 4.99 Å². The predicted octanol–water partition coefficient (Wildman–Crippen LogP) is 5.50. The van der Waals surface area contributed by atoms with Crippen LogP contribution in [-0.4, -0.2) is 24.8 Å². The Balaban J connectivity index is 2.30. The van der Waals surface area contributed by atoms with Gasteiger partial charge in [-0.15, -0.1) is 0 Å². The molecule has 0 bridgehead atoms. The summed E-state index contributed by atoms with van der Waals surface area (Å²) in [6.45, 7) is 5.09. The summed E-state index contributed by atoms with van der Waals surface area (Å²) in [7, 11) is 2.00. The van der Waals surface area contributed by atoms with E-state index in [4.69, 9.17) is 23.2 Å². The zero-order valence-corrected chi connectivity index (χ0v) is 14.6. The van der Waals surface area contributed by atoms with Crippen molar-refractivity contribution in [2.45, 2.75) is 20.3 Å². The zero-order chi connectivity index (χ0) is 16.1. The lowest BCUT2D eigenvalue weighted by Crippen LogP contribution is -2.14. The van der Waals surface area contributed by atoms with Crippen molar-refractivity contribution < 1.29 is 0 Å². The van der Waals surface area contributed by atoms with Crippen molar-refractivity contribution in [3.05, 3.63) is 63.1 Å². The second kappa shape index (κ2) is 7.66. The summed E-state index contributed by atoms with van der Waals surface area (Å²) < 4.78 is 0. The van der Waals surface area contributed by atoms with Crippen LogP contribution in [0.1, 0.15) is 23.6 Å². The predicted molar refractivity (Wildman–Crippen MR) is 96.9 cm³/mol. The molecule has 0 saturated heterocycles. The molecule has 0 N–H and O–H groups in total. The zero-order valence-electron chi connectivity index (χ0n) is 13.1. The van der Waals surface area contributed by atoms with Gasteiger partial charge in [0.15, 0.2) is 0 Å². The van der Waals surface area contributed by atoms with Gasteiger partial charge < -0.3 is 4.90 Å². The first-order valence-corrected chi connectivity index (χ1v) is 8.03. The Kier molecular flexibility index (Phi) is 5.87. The van der Waals surface area contributed by atoms with Crippen LogP contribution in [0.4, 0.5) is 5.69 Å². The van der Waals surface area contributed by atoms with Crippen LogP contribution < -0.4 is 0 Å². The van der Waals surface area contributed by atoms with E-state index in [1.165, 1.54) is 11.1 Å². The maximum absolute atomic E-state index is 6.25. The fourth-order valence-electron chi connectivity index (χ4n) is 2.10. The number of hydrogen-bond donors (Lipinski definition) is 0. The van der Waals surface area contributed by atoms with Gasteiger partial charge in [-0.3, -0.25) is 0 Å². The first-order valence-electron chi connectivity index (χ1n) is 7.27. The van der Waals surface area contributed by atoms with E-state index in [1.54, 1.807) is 0 Å². The Morgan fingerprint density at radius 1 is 1.09 bits per heavy atom. The molecule has 0 aliphatic rings. The molecule has 0 fully saturated rings. The molecule has 0 spiro atoms. The molecule has 2 aromatic rings. The minimum absolute atomic E-state index is 0.709. The highest BCUT2D eigenvalue weighted by Gasteiger charge is 2.07. The van der Waals surface area contributed by atoms with E-state index in [0.717, 1.165) is 29.2 Å². The molecule has 2 aromatic carbocycles. The van der Waals surface area contributed by atoms with Gasteiger partial charge in [-0.1, -0.05) is 35.3 Å². The second-order valence-corrected chi connectivity index (χ2v) is 6.20. The number of benzene rings is 2. The number of halogens is 2. The molecule has 116 valence electrons. The Morgan fingerprint density at radius 2 is 1.77 bits per heavy atom. The molecule has 0 aliphatic carbocycles. The Morgan fingerprint density at radius 3 is 2.41 bits per heavy atom. The van der Waals surface area contributed by atoms with Crippen LogP contribution in [0.3, 0.4) is 0 Å². The van der Waals surface area contributed by atoms with Crippen LogP contribution in [-0.2, 0) is 6.42 Å². The summed E-state index contributed by atoms with van der Waals surface area (Å²) in [5, 5.41) is 1.46. The molecule has 0 aliphatic heterocycles. The van der Waals surface area contributed by atoms with Crippen LogP contribution in [0.25, 0.3) is 0 Å². The van der Waals surface area contributed by atoms with Crippen molar-refractivity contribution in [1.29, 1.82) is 0 Å². The lowest BCUT2D eigenvalue weighted by Gasteiger charge is -2.12. The monoisotopic (exact) mass is 334 g/mol. The van der Waals surface area contributed by atoms with Crippen LogP contribution in [0.2, 0.25) is 10.0 Å². The fraction of sp³-hybridized carbons (Fsp3) is 0.278. The molecular formula is C18H20Cl2N2. The second-order valence-electron chi connectivity index (χ2n) is 5.33. The van der Waals surface area contributed by atoms with E-state index >= 15 is 0 Å². The van der Waals surface area contributed by atoms with Gasteiger partial charge in [-0.2, -0.15) is 0 Å². The third-order valence-electron chi connectivity index (χ3n) is 3.65. The molecule has 2 rings (SSSR count). The number of aliphatic imine (C=N–C) groups is 1. The minimum Gasteiger partial charge on any atom is -0.366 e. The average Bonchev–Trinajstić information content (AvgIpc) is 2.50. The first kappa shape index (κ1) is 16.9. The average molecular weight is 335 g/mol. The SMILES string of the molecule is CCN(C)C=Nc1cc(Cl)cc(Cc2ccc(Cl)cc2)c1C. The molecule has 0 atom stereocenters. The van der Waals surface area contributed by atoms with E-state index in [-0.39, 0.29) is 0 Å². The third-order valence-corrected chi connectivity index (χ3v) is 4.12. The van der Waals surface area contributed by atoms with Crippen molar-refractivity contribution in [2.75, 3.05) is 13.6 Å². The molecule has 0 aromatic heterocycles. The van der Waals surface area contributed by atoms with E-state index in [0.29, 0.717) is 5.02 Å². The number of nitrogens with zero attached hydrogens (tertiary/aromatic N) is 2. The van der Waals surface area contributed by atoms with Crippen LogP contribution in [0.15, 0.2) is 41.4 Å². The van der Waals surface area contributed by atoms with E-state index in [9.17, 15) is 0 Å². The van der Waals surface area contributed by atoms with E-state index < -0.39 is 0 Å². The Hall–Kier alpha value is -1.51. The number of hydrogen-bond acceptors (Lipinski definition) is 1. The Labute approximate surface area is 142 Å². The standard InChI is InChI=1S/C18H20Cl2N2/c1-4-22(3)12-21-18-11-17(20)10-15(13(18)2)9-14-5-7-16(19)8-6-14/h5-8,10-12H,4,9H2,1-3H3. The minimum atomic E-state index is 0.709. The highest BCUT2D eigenvalue weighted by atomic mass is 35.5. The molecule has 2 nitrogen and oxygen atoms in total. The van der Waals surface area contributed by atoms with Gasteiger partial charge in [0.1, 0.15) is 0 Å². The molecule has 0 saturated carbocycles. The van der Waals surface area contributed by atoms with Crippen molar-refractivity contribution in [1.82, 2.24) is 4.90 Å². The largest absolute Gasteiger partial charge is 0.366 e. The summed E-state index contributed by atoms with van der Waals surface area (Å²) in [6, 6.07) is 11.8. The van der Waals surface area contributed by atoms with Crippen LogP contribution >= 0.6 is 23.2 Å². The normalized spacial score (nSPS) is 11.1. The van der Waals surface area contributed by atoms with Crippen LogP contribution in [0.5, 0.6) is 0 Å². The summed E-state index contributed by atoms with van der Waals surface area (Å²) in [5.74, 6) is 0. The van der Waals surface area contributed by atoms with Crippen LogP contribution in [0, 0.1) is 6.92 Å². The quantitative estimate of drug-likeness (QED) is 0.520. The van der Waals surface area contributed by atoms with E-state index in [1.807, 2.05) is 54.7 Å². The summed E-state index contributed by atoms with van der Waals surface area (Å²) in [5.41, 5.74) is 4.45. The van der Waals surface area contributed by atoms with Gasteiger partial charge in [-0.25, -0.2) is 4.99 Å². The number of rotatable bonds is 5. The summed E-state index contributed by atoms with van der Waals surface area (Å²) in [6.07, 6.45) is 2.65. The molecular weight excluding hydrogens is 315 g/mol. The smallest absolute Gasteiger partial charge is 0.0909 e. The molecule has 22 heavy (non-hydrogen) atoms. The summed E-state index contributed by atoms with van der Waals surface area (Å²) in [4.78, 5) is 6.58. The lowest BCUT2D eigenvalue weighted by molar-refractivity contribution is 0.552. The van der Waals surface area contributed by atoms with Gasteiger partial charge in [0, 0.05) is 23.6 Å². The van der Waals surface area contributed by atoms with Gasteiger partial charge in [0.25, 0.3) is 0 Å². The molecule has 0 unspecified atom stereocenters. The fourth-order valence-corrected chi connectivity index (χ4v) is 2.46. The molecule has 0 amide bonds. The van der Waals surface area contributed by atoms with Gasteiger partial charge in [-0.05, 0) is 61.2 Å². The van der Waals surface area contributed by atoms with Gasteiger partial charge in [0.05, 0.1) is 12.0 Å². The Bertz CT molecular complexity index is 664. The topological polar surface area (TPSA) is 15.6 Å². The van der Waals surface area contributed by atoms with Gasteiger partial charge >= 0.3 is 0 Å².